The summed E-state index contributed by atoms with van der Waals surface area (Å²) in [6.07, 6.45) is 1.26. The number of carbonyl (C=O) groups is 3. The number of aryl methyl sites for hydroxylation is 3. The summed E-state index contributed by atoms with van der Waals surface area (Å²) >= 11 is 0. The normalized spacial score (nSPS) is 16.8. The lowest BCUT2D eigenvalue weighted by molar-refractivity contribution is -0.139. The quantitative estimate of drug-likeness (QED) is 0.188. The van der Waals surface area contributed by atoms with E-state index in [2.05, 4.69) is 20.3 Å². The summed E-state index contributed by atoms with van der Waals surface area (Å²) in [6, 6.07) is 14.4. The number of hydrogen-bond acceptors (Lipinski definition) is 8. The molecule has 2 heterocycles. The van der Waals surface area contributed by atoms with Crippen molar-refractivity contribution in [2.75, 3.05) is 31.6 Å². The zero-order valence-corrected chi connectivity index (χ0v) is 27.2. The topological polar surface area (TPSA) is 170 Å². The minimum absolute atomic E-state index is 0.00267. The Morgan fingerprint density at radius 1 is 1.09 bits per heavy atom. The molecule has 0 aliphatic carbocycles. The number of aliphatic carboxylic acids is 1. The van der Waals surface area contributed by atoms with Crippen molar-refractivity contribution in [2.24, 2.45) is 0 Å². The third-order valence-electron chi connectivity index (χ3n) is 7.60. The lowest BCUT2D eigenvalue weighted by Gasteiger charge is -2.27. The number of urea groups is 1. The summed E-state index contributed by atoms with van der Waals surface area (Å²) in [7, 11) is -4.22. The first-order valence-corrected chi connectivity index (χ1v) is 16.5. The lowest BCUT2D eigenvalue weighted by Crippen LogP contribution is -2.49. The standard InChI is InChI=1S/C32H39FN6O7S/c1-21-13-22(2)30(23(3)14-21)47(44,45)37-27(31(41)42)17-36-29(40)20-46-26-15-25(16-35-28-11-7-8-12-34-28)38(19-26)32(43)39(33)18-24-9-5-4-6-10-24/h4-14,25-27,37H,15-20H2,1-3H3,(H,34,35)(H,36,40)(H,41,42). The van der Waals surface area contributed by atoms with Crippen molar-refractivity contribution in [3.63, 3.8) is 0 Å². The van der Waals surface area contributed by atoms with Crippen molar-refractivity contribution in [1.82, 2.24) is 25.0 Å². The molecule has 13 nitrogen and oxygen atoms in total. The third-order valence-corrected chi connectivity index (χ3v) is 9.38. The van der Waals surface area contributed by atoms with Gasteiger partial charge in [0.2, 0.25) is 15.9 Å². The van der Waals surface area contributed by atoms with Crippen LogP contribution < -0.4 is 15.4 Å². The second-order valence-corrected chi connectivity index (χ2v) is 13.1. The molecule has 1 aliphatic heterocycles. The van der Waals surface area contributed by atoms with Crippen LogP contribution in [-0.2, 0) is 30.9 Å². The van der Waals surface area contributed by atoms with Crippen LogP contribution in [0.15, 0.2) is 71.8 Å². The van der Waals surface area contributed by atoms with E-state index in [-0.39, 0.29) is 36.1 Å². The summed E-state index contributed by atoms with van der Waals surface area (Å²) in [5.41, 5.74) is 2.40. The smallest absolute Gasteiger partial charge is 0.348 e. The number of carbonyl (C=O) groups excluding carboxylic acids is 2. The van der Waals surface area contributed by atoms with Gasteiger partial charge in [-0.1, -0.05) is 58.6 Å². The van der Waals surface area contributed by atoms with Gasteiger partial charge in [0.1, 0.15) is 18.5 Å². The largest absolute Gasteiger partial charge is 0.480 e. The number of benzene rings is 2. The molecule has 3 amide bonds. The van der Waals surface area contributed by atoms with Crippen LogP contribution >= 0.6 is 0 Å². The van der Waals surface area contributed by atoms with E-state index in [1.54, 1.807) is 80.7 Å². The molecule has 1 aromatic heterocycles. The van der Waals surface area contributed by atoms with Crippen LogP contribution in [0.3, 0.4) is 0 Å². The van der Waals surface area contributed by atoms with Crippen LogP contribution in [0.2, 0.25) is 0 Å². The number of sulfonamides is 1. The maximum Gasteiger partial charge on any atom is 0.348 e. The van der Waals surface area contributed by atoms with E-state index in [1.165, 1.54) is 4.90 Å². The highest BCUT2D eigenvalue weighted by molar-refractivity contribution is 7.89. The number of halogens is 1. The molecule has 252 valence electrons. The summed E-state index contributed by atoms with van der Waals surface area (Å²) in [4.78, 5) is 43.2. The van der Waals surface area contributed by atoms with Crippen LogP contribution in [-0.4, -0.2) is 90.9 Å². The number of ether oxygens (including phenoxy) is 1. The molecule has 4 N–H and O–H groups in total. The van der Waals surface area contributed by atoms with Crippen molar-refractivity contribution < 1.29 is 37.1 Å². The Hall–Kier alpha value is -4.60. The second-order valence-electron chi connectivity index (χ2n) is 11.4. The molecule has 1 saturated heterocycles. The third kappa shape index (κ3) is 9.70. The molecule has 47 heavy (non-hydrogen) atoms. The number of rotatable bonds is 14. The Kier molecular flexibility index (Phi) is 11.9. The van der Waals surface area contributed by atoms with Gasteiger partial charge in [0.05, 0.1) is 23.6 Å². The van der Waals surface area contributed by atoms with Gasteiger partial charge in [0, 0.05) is 25.8 Å². The van der Waals surface area contributed by atoms with E-state index in [4.69, 9.17) is 4.74 Å². The lowest BCUT2D eigenvalue weighted by atomic mass is 10.1. The molecule has 15 heteroatoms. The first-order chi connectivity index (χ1) is 22.3. The monoisotopic (exact) mass is 670 g/mol. The van der Waals surface area contributed by atoms with Crippen molar-refractivity contribution >= 4 is 33.7 Å². The zero-order valence-electron chi connectivity index (χ0n) is 26.4. The van der Waals surface area contributed by atoms with E-state index in [0.717, 1.165) is 5.56 Å². The van der Waals surface area contributed by atoms with Gasteiger partial charge >= 0.3 is 12.0 Å². The predicted octanol–water partition coefficient (Wildman–Crippen LogP) is 2.93. The number of carboxylic acids is 1. The number of anilines is 1. The van der Waals surface area contributed by atoms with E-state index in [9.17, 15) is 27.9 Å². The molecule has 1 aliphatic rings. The number of amides is 3. The minimum atomic E-state index is -4.22. The van der Waals surface area contributed by atoms with Gasteiger partial charge in [-0.15, -0.1) is 0 Å². The first kappa shape index (κ1) is 35.3. The Labute approximate surface area is 273 Å². The average molecular weight is 671 g/mol. The van der Waals surface area contributed by atoms with E-state index in [0.29, 0.717) is 22.5 Å². The Bertz CT molecular complexity index is 1640. The maximum absolute atomic E-state index is 15.0. The predicted molar refractivity (Wildman–Crippen MR) is 171 cm³/mol. The van der Waals surface area contributed by atoms with Crippen molar-refractivity contribution in [3.8, 4) is 0 Å². The van der Waals surface area contributed by atoms with Crippen LogP contribution in [0, 0.1) is 20.8 Å². The summed E-state index contributed by atoms with van der Waals surface area (Å²) in [5, 5.41) is 15.3. The van der Waals surface area contributed by atoms with E-state index < -0.39 is 59.3 Å². The highest BCUT2D eigenvalue weighted by Crippen LogP contribution is 2.24. The number of nitrogens with one attached hydrogen (secondary N) is 3. The van der Waals surface area contributed by atoms with Gasteiger partial charge in [-0.25, -0.2) is 18.2 Å². The molecule has 0 saturated carbocycles. The van der Waals surface area contributed by atoms with Gasteiger partial charge in [-0.3, -0.25) is 9.59 Å². The fourth-order valence-electron chi connectivity index (χ4n) is 5.54. The van der Waals surface area contributed by atoms with Crippen molar-refractivity contribution in [2.45, 2.75) is 56.8 Å². The molecule has 1 fully saturated rings. The Morgan fingerprint density at radius 2 is 1.77 bits per heavy atom. The van der Waals surface area contributed by atoms with Crippen LogP contribution in [0.1, 0.15) is 28.7 Å². The van der Waals surface area contributed by atoms with E-state index in [1.807, 2.05) is 6.92 Å². The highest BCUT2D eigenvalue weighted by atomic mass is 32.2. The van der Waals surface area contributed by atoms with Crippen LogP contribution in [0.5, 0.6) is 0 Å². The number of aromatic nitrogens is 1. The SMILES string of the molecule is Cc1cc(C)c(S(=O)(=O)NC(CNC(=O)COC2CC(CNc3ccccn3)N(C(=O)N(F)Cc3ccccc3)C2)C(=O)O)c(C)c1. The molecule has 4 rings (SSSR count). The molecular weight excluding hydrogens is 631 g/mol. The van der Waals surface area contributed by atoms with E-state index >= 15 is 4.48 Å². The first-order valence-electron chi connectivity index (χ1n) is 15.0. The average Bonchev–Trinajstić information content (AvgIpc) is 3.43. The number of likely N-dealkylation sites (tertiary alicyclic amines) is 1. The molecule has 0 bridgehead atoms. The fourth-order valence-corrected chi connectivity index (χ4v) is 7.18. The minimum Gasteiger partial charge on any atom is -0.480 e. The van der Waals surface area contributed by atoms with Gasteiger partial charge in [-0.05, 0) is 56.0 Å². The number of pyridine rings is 1. The number of hydrogen-bond donors (Lipinski definition) is 4. The fraction of sp³-hybridized carbons (Fsp3) is 0.375. The van der Waals surface area contributed by atoms with Crippen LogP contribution in [0.4, 0.5) is 15.1 Å². The molecule has 0 radical (unpaired) electrons. The van der Waals surface area contributed by atoms with Gasteiger partial charge in [0.15, 0.2) is 0 Å². The highest BCUT2D eigenvalue weighted by Gasteiger charge is 2.38. The summed E-state index contributed by atoms with van der Waals surface area (Å²) < 4.78 is 49.1. The van der Waals surface area contributed by atoms with Crippen molar-refractivity contribution in [1.29, 1.82) is 0 Å². The second kappa shape index (κ2) is 15.8. The van der Waals surface area contributed by atoms with Gasteiger partial charge < -0.3 is 25.4 Å². The zero-order chi connectivity index (χ0) is 34.1. The number of carboxylic acid groups (broad SMARTS) is 1. The van der Waals surface area contributed by atoms with Crippen LogP contribution in [0.25, 0.3) is 0 Å². The van der Waals surface area contributed by atoms with Gasteiger partial charge in [0.25, 0.3) is 0 Å². The summed E-state index contributed by atoms with van der Waals surface area (Å²) in [5.74, 6) is -1.60. The molecule has 3 aromatic rings. The Balaban J connectivity index is 1.35. The summed E-state index contributed by atoms with van der Waals surface area (Å²) in [6.45, 7) is 4.03. The molecule has 3 unspecified atom stereocenters. The molecule has 2 aromatic carbocycles. The molecule has 0 spiro atoms. The van der Waals surface area contributed by atoms with Gasteiger partial charge in [-0.2, -0.15) is 9.84 Å². The Morgan fingerprint density at radius 3 is 2.40 bits per heavy atom. The van der Waals surface area contributed by atoms with Crippen molar-refractivity contribution in [3.05, 3.63) is 89.1 Å². The number of nitrogens with zero attached hydrogens (tertiary/aromatic N) is 3. The molecule has 3 atom stereocenters. The maximum atomic E-state index is 15.0. The molecular formula is C32H39FN6O7S.